The van der Waals surface area contributed by atoms with Crippen molar-refractivity contribution in [2.45, 2.75) is 53.4 Å². The molecule has 0 atom stereocenters. The van der Waals surface area contributed by atoms with E-state index in [-0.39, 0.29) is 12.8 Å². The average Bonchev–Trinajstić information content (AvgIpc) is 2.49. The molecule has 6 N–H and O–H groups in total. The summed E-state index contributed by atoms with van der Waals surface area (Å²) >= 11 is 0. The summed E-state index contributed by atoms with van der Waals surface area (Å²) in [5.41, 5.74) is 14.3. The second-order valence-corrected chi connectivity index (χ2v) is 6.01. The minimum atomic E-state index is -0.870. The van der Waals surface area contributed by atoms with Gasteiger partial charge in [0.25, 0.3) is 0 Å². The van der Waals surface area contributed by atoms with Gasteiger partial charge < -0.3 is 21.7 Å². The summed E-state index contributed by atoms with van der Waals surface area (Å²) < 4.78 is 0. The van der Waals surface area contributed by atoms with Crippen molar-refractivity contribution < 1.29 is 19.8 Å². The number of aliphatic carboxylic acids is 2. The van der Waals surface area contributed by atoms with E-state index in [1.165, 1.54) is 0 Å². The lowest BCUT2D eigenvalue weighted by atomic mass is 10.2. The summed E-state index contributed by atoms with van der Waals surface area (Å²) in [6.07, 6.45) is 1.02. The normalized spacial score (nSPS) is 9.43. The second-order valence-electron chi connectivity index (χ2n) is 6.01. The van der Waals surface area contributed by atoms with Crippen LogP contribution < -0.4 is 11.5 Å². The van der Waals surface area contributed by atoms with Crippen LogP contribution in [0.15, 0.2) is 12.1 Å². The molecule has 28 heavy (non-hydrogen) atoms. The molecule has 0 unspecified atom stereocenters. The second kappa shape index (κ2) is 13.0. The molecule has 2 rings (SSSR count). The lowest BCUT2D eigenvalue weighted by molar-refractivity contribution is -0.139. The molecule has 0 radical (unpaired) electrons. The molecule has 0 amide bonds. The molecule has 10 heteroatoms. The number of rotatable bonds is 5. The van der Waals surface area contributed by atoms with Crippen LogP contribution in [0.1, 0.15) is 48.5 Å². The summed E-state index contributed by atoms with van der Waals surface area (Å²) in [6, 6.07) is 3.77. The third-order valence-corrected chi connectivity index (χ3v) is 3.03. The number of carboxylic acids is 2. The Morgan fingerprint density at radius 1 is 0.714 bits per heavy atom. The van der Waals surface area contributed by atoms with E-state index in [0.717, 1.165) is 22.8 Å². The molecular weight excluding hydrogens is 364 g/mol. The topological polar surface area (TPSA) is 178 Å². The number of hydrogen-bond acceptors (Lipinski definition) is 8. The molecule has 2 aromatic rings. The van der Waals surface area contributed by atoms with Crippen molar-refractivity contribution in [3.8, 4) is 0 Å². The standard InChI is InChI=1S/2C6H9N3.C6H10O4/c2*1-4-3-5(2)9-6(7)8-4;7-5(8)3-1-2-4-6(9)10/h2*3H,1-2H3,(H2,7,8,9);1-4H2,(H,7,8)(H,9,10). The van der Waals surface area contributed by atoms with E-state index in [4.69, 9.17) is 21.7 Å². The molecule has 0 aromatic carbocycles. The molecule has 2 aromatic heterocycles. The van der Waals surface area contributed by atoms with Crippen LogP contribution in [-0.4, -0.2) is 42.1 Å². The molecule has 10 nitrogen and oxygen atoms in total. The maximum atomic E-state index is 9.90. The van der Waals surface area contributed by atoms with Gasteiger partial charge in [-0.2, -0.15) is 0 Å². The Balaban J connectivity index is 0.000000391. The first-order valence-electron chi connectivity index (χ1n) is 8.58. The van der Waals surface area contributed by atoms with E-state index in [0.29, 0.717) is 24.7 Å². The van der Waals surface area contributed by atoms with Crippen LogP contribution in [-0.2, 0) is 9.59 Å². The van der Waals surface area contributed by atoms with Crippen LogP contribution in [0, 0.1) is 27.7 Å². The SMILES string of the molecule is Cc1cc(C)nc(N)n1.Cc1cc(C)nc(N)n1.O=C(O)CCCCC(=O)O. The highest BCUT2D eigenvalue weighted by molar-refractivity contribution is 5.67. The first-order chi connectivity index (χ1) is 13.0. The lowest BCUT2D eigenvalue weighted by Crippen LogP contribution is -1.97. The van der Waals surface area contributed by atoms with Crippen LogP contribution in [0.4, 0.5) is 11.9 Å². The highest BCUT2D eigenvalue weighted by Crippen LogP contribution is 2.00. The number of nitrogens with two attached hydrogens (primary N) is 2. The number of hydrogen-bond donors (Lipinski definition) is 4. The molecule has 0 bridgehead atoms. The van der Waals surface area contributed by atoms with Crippen molar-refractivity contribution in [2.75, 3.05) is 11.5 Å². The van der Waals surface area contributed by atoms with E-state index in [1.54, 1.807) is 0 Å². The van der Waals surface area contributed by atoms with Crippen LogP contribution in [0.2, 0.25) is 0 Å². The number of aromatic nitrogens is 4. The van der Waals surface area contributed by atoms with Crippen molar-refractivity contribution in [2.24, 2.45) is 0 Å². The molecule has 0 spiro atoms. The van der Waals surface area contributed by atoms with E-state index in [1.807, 2.05) is 39.8 Å². The average molecular weight is 392 g/mol. The highest BCUT2D eigenvalue weighted by Gasteiger charge is 1.99. The Hall–Kier alpha value is -3.30. The van der Waals surface area contributed by atoms with E-state index in [9.17, 15) is 9.59 Å². The fraction of sp³-hybridized carbons (Fsp3) is 0.444. The summed E-state index contributed by atoms with van der Waals surface area (Å²) in [7, 11) is 0. The number of nitrogen functional groups attached to an aromatic ring is 2. The van der Waals surface area contributed by atoms with Gasteiger partial charge in [-0.1, -0.05) is 0 Å². The van der Waals surface area contributed by atoms with Gasteiger partial charge in [0, 0.05) is 35.6 Å². The zero-order valence-electron chi connectivity index (χ0n) is 16.6. The van der Waals surface area contributed by atoms with Crippen molar-refractivity contribution in [1.82, 2.24) is 19.9 Å². The largest absolute Gasteiger partial charge is 0.481 e. The summed E-state index contributed by atoms with van der Waals surface area (Å²) in [6.45, 7) is 7.58. The van der Waals surface area contributed by atoms with Gasteiger partial charge in [0.05, 0.1) is 0 Å². The van der Waals surface area contributed by atoms with Crippen molar-refractivity contribution in [3.05, 3.63) is 34.9 Å². The van der Waals surface area contributed by atoms with Gasteiger partial charge in [-0.3, -0.25) is 9.59 Å². The van der Waals surface area contributed by atoms with Crippen LogP contribution >= 0.6 is 0 Å². The first kappa shape index (κ1) is 24.7. The van der Waals surface area contributed by atoms with Gasteiger partial charge in [-0.15, -0.1) is 0 Å². The summed E-state index contributed by atoms with van der Waals surface area (Å²) in [5, 5.41) is 16.3. The van der Waals surface area contributed by atoms with Crippen molar-refractivity contribution in [1.29, 1.82) is 0 Å². The summed E-state index contributed by atoms with van der Waals surface area (Å²) in [4.78, 5) is 35.4. The Morgan fingerprint density at radius 2 is 0.964 bits per heavy atom. The molecule has 154 valence electrons. The summed E-state index contributed by atoms with van der Waals surface area (Å²) in [5.74, 6) is -1.03. The van der Waals surface area contributed by atoms with Crippen molar-refractivity contribution in [3.63, 3.8) is 0 Å². The molecular formula is C18H28N6O4. The van der Waals surface area contributed by atoms with Gasteiger partial charge >= 0.3 is 11.9 Å². The third-order valence-electron chi connectivity index (χ3n) is 3.03. The zero-order valence-corrected chi connectivity index (χ0v) is 16.6. The predicted molar refractivity (Wildman–Crippen MR) is 106 cm³/mol. The van der Waals surface area contributed by atoms with E-state index < -0.39 is 11.9 Å². The van der Waals surface area contributed by atoms with Gasteiger partial charge in [0.1, 0.15) is 0 Å². The van der Waals surface area contributed by atoms with Gasteiger partial charge in [-0.25, -0.2) is 19.9 Å². The molecule has 0 aliphatic rings. The smallest absolute Gasteiger partial charge is 0.303 e. The maximum Gasteiger partial charge on any atom is 0.303 e. The number of anilines is 2. The number of unbranched alkanes of at least 4 members (excludes halogenated alkanes) is 1. The molecule has 0 saturated carbocycles. The van der Waals surface area contributed by atoms with Gasteiger partial charge in [-0.05, 0) is 52.7 Å². The van der Waals surface area contributed by atoms with E-state index in [2.05, 4.69) is 19.9 Å². The fourth-order valence-electron chi connectivity index (χ4n) is 2.06. The van der Waals surface area contributed by atoms with Crippen LogP contribution in [0.25, 0.3) is 0 Å². The maximum absolute atomic E-state index is 9.90. The van der Waals surface area contributed by atoms with Crippen molar-refractivity contribution >= 4 is 23.8 Å². The number of nitrogens with zero attached hydrogens (tertiary/aromatic N) is 4. The third kappa shape index (κ3) is 13.9. The Morgan fingerprint density at radius 3 is 1.14 bits per heavy atom. The minimum Gasteiger partial charge on any atom is -0.481 e. The van der Waals surface area contributed by atoms with Gasteiger partial charge in [0.2, 0.25) is 11.9 Å². The van der Waals surface area contributed by atoms with Crippen LogP contribution in [0.3, 0.4) is 0 Å². The molecule has 0 aliphatic heterocycles. The zero-order chi connectivity index (χ0) is 21.7. The molecule has 0 aliphatic carbocycles. The highest BCUT2D eigenvalue weighted by atomic mass is 16.4. The minimum absolute atomic E-state index is 0.0628. The van der Waals surface area contributed by atoms with Crippen LogP contribution in [0.5, 0.6) is 0 Å². The Bertz CT molecular complexity index is 616. The molecule has 0 saturated heterocycles. The quantitative estimate of drug-likeness (QED) is 0.550. The van der Waals surface area contributed by atoms with E-state index >= 15 is 0 Å². The lowest BCUT2D eigenvalue weighted by Gasteiger charge is -1.94. The predicted octanol–water partition coefficient (Wildman–Crippen LogP) is 2.07. The Kier molecular flexibility index (Phi) is 11.4. The number of carbonyl (C=O) groups is 2. The Labute approximate surface area is 164 Å². The number of aryl methyl sites for hydroxylation is 4. The van der Waals surface area contributed by atoms with Gasteiger partial charge in [0.15, 0.2) is 0 Å². The number of carboxylic acid groups (broad SMARTS) is 2. The monoisotopic (exact) mass is 392 g/mol. The first-order valence-corrected chi connectivity index (χ1v) is 8.58. The fourth-order valence-corrected chi connectivity index (χ4v) is 2.06. The molecule has 2 heterocycles. The molecule has 0 fully saturated rings.